The summed E-state index contributed by atoms with van der Waals surface area (Å²) in [6, 6.07) is 6.28. The Morgan fingerprint density at radius 2 is 2.10 bits per heavy atom. The molecule has 0 spiro atoms. The molecule has 2 rings (SSSR count). The fourth-order valence-electron chi connectivity index (χ4n) is 1.68. The number of rotatable bonds is 4. The fourth-order valence-corrected chi connectivity index (χ4v) is 2.46. The summed E-state index contributed by atoms with van der Waals surface area (Å²) in [6.45, 7) is 3.57. The van der Waals surface area contributed by atoms with Crippen molar-refractivity contribution in [1.29, 1.82) is 0 Å². The number of carbonyl (C=O) groups is 1. The molecule has 0 aliphatic heterocycles. The number of hydrazone groups is 1. The quantitative estimate of drug-likeness (QED) is 0.535. The molecular formula is C14H13N3O3S. The van der Waals surface area contributed by atoms with Crippen LogP contribution in [0.25, 0.3) is 0 Å². The molecule has 1 heterocycles. The first-order chi connectivity index (χ1) is 9.99. The number of nitro benzene ring substituents is 1. The van der Waals surface area contributed by atoms with Crippen molar-refractivity contribution in [2.75, 3.05) is 0 Å². The average molecular weight is 303 g/mol. The topological polar surface area (TPSA) is 84.6 Å². The molecule has 2 aromatic rings. The van der Waals surface area contributed by atoms with Gasteiger partial charge in [-0.1, -0.05) is 6.07 Å². The Morgan fingerprint density at radius 1 is 1.33 bits per heavy atom. The Bertz CT molecular complexity index is 722. The van der Waals surface area contributed by atoms with Gasteiger partial charge in [-0.25, -0.2) is 5.43 Å². The molecule has 0 bridgehead atoms. The molecule has 0 saturated heterocycles. The Morgan fingerprint density at radius 3 is 2.71 bits per heavy atom. The van der Waals surface area contributed by atoms with Crippen LogP contribution < -0.4 is 5.43 Å². The molecule has 1 amide bonds. The third-order valence-electron chi connectivity index (χ3n) is 2.92. The largest absolute Gasteiger partial charge is 0.273 e. The molecule has 0 fully saturated rings. The lowest BCUT2D eigenvalue weighted by Crippen LogP contribution is -2.17. The highest BCUT2D eigenvalue weighted by atomic mass is 32.1. The monoisotopic (exact) mass is 303 g/mol. The standard InChI is InChI=1S/C14H13N3O3S/c1-9-3-4-11(7-12(9)17(19)20)14(18)16-15-8-13-10(2)5-6-21-13/h3-8H,1-2H3,(H,16,18)/b15-8-. The summed E-state index contributed by atoms with van der Waals surface area (Å²) in [4.78, 5) is 23.2. The second-order valence-corrected chi connectivity index (χ2v) is 5.37. The summed E-state index contributed by atoms with van der Waals surface area (Å²) < 4.78 is 0. The average Bonchev–Trinajstić information content (AvgIpc) is 2.84. The third kappa shape index (κ3) is 3.51. The molecule has 0 aliphatic carbocycles. The number of benzene rings is 1. The van der Waals surface area contributed by atoms with Crippen LogP contribution in [0.2, 0.25) is 0 Å². The predicted molar refractivity (Wildman–Crippen MR) is 81.9 cm³/mol. The van der Waals surface area contributed by atoms with Gasteiger partial charge in [0.2, 0.25) is 0 Å². The van der Waals surface area contributed by atoms with Crippen LogP contribution in [0, 0.1) is 24.0 Å². The third-order valence-corrected chi connectivity index (χ3v) is 3.87. The summed E-state index contributed by atoms with van der Waals surface area (Å²) in [5.41, 5.74) is 4.06. The van der Waals surface area contributed by atoms with Crippen LogP contribution in [0.5, 0.6) is 0 Å². The van der Waals surface area contributed by atoms with E-state index < -0.39 is 10.8 Å². The van der Waals surface area contributed by atoms with E-state index in [0.29, 0.717) is 5.56 Å². The van der Waals surface area contributed by atoms with Gasteiger partial charge in [0.15, 0.2) is 0 Å². The first kappa shape index (κ1) is 14.9. The van der Waals surface area contributed by atoms with E-state index in [9.17, 15) is 14.9 Å². The van der Waals surface area contributed by atoms with Crippen molar-refractivity contribution in [1.82, 2.24) is 5.43 Å². The Hall–Kier alpha value is -2.54. The summed E-state index contributed by atoms with van der Waals surface area (Å²) in [6.07, 6.45) is 1.56. The molecule has 0 atom stereocenters. The lowest BCUT2D eigenvalue weighted by Gasteiger charge is -2.01. The maximum Gasteiger partial charge on any atom is 0.273 e. The van der Waals surface area contributed by atoms with Crippen molar-refractivity contribution < 1.29 is 9.72 Å². The Balaban J connectivity index is 2.10. The van der Waals surface area contributed by atoms with Crippen LogP contribution in [-0.4, -0.2) is 17.0 Å². The number of hydrogen-bond acceptors (Lipinski definition) is 5. The predicted octanol–water partition coefficient (Wildman–Crippen LogP) is 3.04. The number of aryl methyl sites for hydroxylation is 2. The van der Waals surface area contributed by atoms with Crippen LogP contribution in [0.3, 0.4) is 0 Å². The first-order valence-corrected chi connectivity index (χ1v) is 6.99. The van der Waals surface area contributed by atoms with Gasteiger partial charge < -0.3 is 0 Å². The van der Waals surface area contributed by atoms with Crippen LogP contribution in [0.15, 0.2) is 34.7 Å². The lowest BCUT2D eigenvalue weighted by atomic mass is 10.1. The van der Waals surface area contributed by atoms with Gasteiger partial charge in [-0.2, -0.15) is 5.10 Å². The Kier molecular flexibility index (Phi) is 4.44. The maximum atomic E-state index is 11.9. The minimum Gasteiger partial charge on any atom is -0.267 e. The molecule has 6 nitrogen and oxygen atoms in total. The van der Waals surface area contributed by atoms with E-state index in [2.05, 4.69) is 10.5 Å². The van der Waals surface area contributed by atoms with Crippen LogP contribution in [0.1, 0.15) is 26.4 Å². The smallest absolute Gasteiger partial charge is 0.267 e. The molecular weight excluding hydrogens is 290 g/mol. The van der Waals surface area contributed by atoms with E-state index in [4.69, 9.17) is 0 Å². The number of nitro groups is 1. The Labute approximate surface area is 125 Å². The van der Waals surface area contributed by atoms with E-state index in [-0.39, 0.29) is 11.3 Å². The summed E-state index contributed by atoms with van der Waals surface area (Å²) in [5.74, 6) is -0.483. The van der Waals surface area contributed by atoms with Gasteiger partial charge in [0.25, 0.3) is 11.6 Å². The van der Waals surface area contributed by atoms with Gasteiger partial charge in [0.1, 0.15) is 0 Å². The van der Waals surface area contributed by atoms with Crippen molar-refractivity contribution in [3.05, 3.63) is 61.3 Å². The molecule has 21 heavy (non-hydrogen) atoms. The highest BCUT2D eigenvalue weighted by molar-refractivity contribution is 7.11. The van der Waals surface area contributed by atoms with Gasteiger partial charge in [-0.05, 0) is 36.9 Å². The minimum absolute atomic E-state index is 0.0827. The lowest BCUT2D eigenvalue weighted by molar-refractivity contribution is -0.385. The molecule has 1 aromatic heterocycles. The van der Waals surface area contributed by atoms with Crippen molar-refractivity contribution in [2.45, 2.75) is 13.8 Å². The number of nitrogens with one attached hydrogen (secondary N) is 1. The summed E-state index contributed by atoms with van der Waals surface area (Å²) >= 11 is 1.52. The number of carbonyl (C=O) groups excluding carboxylic acids is 1. The van der Waals surface area contributed by atoms with Crippen molar-refractivity contribution >= 4 is 29.1 Å². The highest BCUT2D eigenvalue weighted by Gasteiger charge is 2.14. The van der Waals surface area contributed by atoms with Gasteiger partial charge in [0.05, 0.1) is 11.1 Å². The second-order valence-electron chi connectivity index (χ2n) is 4.43. The minimum atomic E-state index is -0.510. The van der Waals surface area contributed by atoms with E-state index >= 15 is 0 Å². The molecule has 108 valence electrons. The number of thiophene rings is 1. The SMILES string of the molecule is Cc1ccc(C(=O)N/N=C\c2sccc2C)cc1[N+](=O)[O-]. The van der Waals surface area contributed by atoms with Gasteiger partial charge in [-0.3, -0.25) is 14.9 Å². The maximum absolute atomic E-state index is 11.9. The van der Waals surface area contributed by atoms with Gasteiger partial charge in [0, 0.05) is 22.1 Å². The number of hydrogen-bond donors (Lipinski definition) is 1. The molecule has 1 aromatic carbocycles. The van der Waals surface area contributed by atoms with Crippen molar-refractivity contribution in [2.24, 2.45) is 5.10 Å². The van der Waals surface area contributed by atoms with E-state index in [1.165, 1.54) is 23.5 Å². The second kappa shape index (κ2) is 6.27. The van der Waals surface area contributed by atoms with Crippen molar-refractivity contribution in [3.8, 4) is 0 Å². The summed E-state index contributed by atoms with van der Waals surface area (Å²) in [5, 5.41) is 16.6. The molecule has 0 aliphatic rings. The molecule has 0 saturated carbocycles. The fraction of sp³-hybridized carbons (Fsp3) is 0.143. The van der Waals surface area contributed by atoms with E-state index in [0.717, 1.165) is 10.4 Å². The molecule has 1 N–H and O–H groups in total. The highest BCUT2D eigenvalue weighted by Crippen LogP contribution is 2.19. The number of nitrogens with zero attached hydrogens (tertiary/aromatic N) is 2. The molecule has 7 heteroatoms. The zero-order chi connectivity index (χ0) is 15.4. The van der Waals surface area contributed by atoms with Crippen LogP contribution in [-0.2, 0) is 0 Å². The van der Waals surface area contributed by atoms with Crippen LogP contribution >= 0.6 is 11.3 Å². The van der Waals surface area contributed by atoms with Gasteiger partial charge in [-0.15, -0.1) is 11.3 Å². The molecule has 0 unspecified atom stereocenters. The molecule has 0 radical (unpaired) electrons. The van der Waals surface area contributed by atoms with E-state index in [1.807, 2.05) is 18.4 Å². The number of amides is 1. The summed E-state index contributed by atoms with van der Waals surface area (Å²) in [7, 11) is 0. The van der Waals surface area contributed by atoms with Crippen molar-refractivity contribution in [3.63, 3.8) is 0 Å². The van der Waals surface area contributed by atoms with Crippen LogP contribution in [0.4, 0.5) is 5.69 Å². The zero-order valence-corrected chi connectivity index (χ0v) is 12.3. The van der Waals surface area contributed by atoms with E-state index in [1.54, 1.807) is 19.2 Å². The zero-order valence-electron chi connectivity index (χ0n) is 11.5. The van der Waals surface area contributed by atoms with Gasteiger partial charge >= 0.3 is 0 Å². The first-order valence-electron chi connectivity index (χ1n) is 6.11. The normalized spacial score (nSPS) is 10.8.